The van der Waals surface area contributed by atoms with Gasteiger partial charge in [-0.15, -0.1) is 0 Å². The summed E-state index contributed by atoms with van der Waals surface area (Å²) in [5.74, 6) is 0.140. The molecule has 2 heterocycles. The molecule has 0 bridgehead atoms. The summed E-state index contributed by atoms with van der Waals surface area (Å²) in [6.45, 7) is 9.01. The van der Waals surface area contributed by atoms with Gasteiger partial charge in [-0.1, -0.05) is 17.7 Å². The summed E-state index contributed by atoms with van der Waals surface area (Å²) in [4.78, 5) is 17.1. The van der Waals surface area contributed by atoms with Crippen LogP contribution in [0.1, 0.15) is 41.2 Å². The zero-order valence-corrected chi connectivity index (χ0v) is 19.8. The summed E-state index contributed by atoms with van der Waals surface area (Å²) >= 11 is 0. The smallest absolute Gasteiger partial charge is 0.261 e. The molecule has 7 heteroatoms. The van der Waals surface area contributed by atoms with E-state index in [1.165, 1.54) is 5.56 Å². The first-order chi connectivity index (χ1) is 15.8. The van der Waals surface area contributed by atoms with Gasteiger partial charge in [0, 0.05) is 37.0 Å². The van der Waals surface area contributed by atoms with Gasteiger partial charge in [-0.05, 0) is 57.5 Å². The lowest BCUT2D eigenvalue weighted by atomic mass is 10.1. The Morgan fingerprint density at radius 1 is 1.30 bits per heavy atom. The van der Waals surface area contributed by atoms with E-state index >= 15 is 0 Å². The van der Waals surface area contributed by atoms with Crippen molar-refractivity contribution in [3.05, 3.63) is 70.4 Å². The van der Waals surface area contributed by atoms with Gasteiger partial charge in [-0.3, -0.25) is 4.79 Å². The van der Waals surface area contributed by atoms with Gasteiger partial charge in [0.15, 0.2) is 0 Å². The molecule has 172 valence electrons. The van der Waals surface area contributed by atoms with Gasteiger partial charge in [0.25, 0.3) is 5.91 Å². The summed E-state index contributed by atoms with van der Waals surface area (Å²) in [7, 11) is 1.67. The highest BCUT2D eigenvalue weighted by Gasteiger charge is 2.16. The van der Waals surface area contributed by atoms with E-state index in [4.69, 9.17) is 9.15 Å². The monoisotopic (exact) mass is 446 g/mol. The normalized spacial score (nSPS) is 12.4. The van der Waals surface area contributed by atoms with Gasteiger partial charge in [0.2, 0.25) is 5.89 Å². The van der Waals surface area contributed by atoms with E-state index in [-0.39, 0.29) is 11.6 Å². The molecule has 1 unspecified atom stereocenters. The Bertz CT molecular complexity index is 1180. The largest absolute Gasteiger partial charge is 0.444 e. The van der Waals surface area contributed by atoms with Crippen LogP contribution in [0.15, 0.2) is 46.6 Å². The van der Waals surface area contributed by atoms with E-state index in [1.807, 2.05) is 57.2 Å². The second kappa shape index (κ2) is 10.8. The lowest BCUT2D eigenvalue weighted by Crippen LogP contribution is -2.26. The van der Waals surface area contributed by atoms with E-state index in [0.29, 0.717) is 25.5 Å². The second-order valence-electron chi connectivity index (χ2n) is 8.19. The van der Waals surface area contributed by atoms with Gasteiger partial charge in [0.1, 0.15) is 17.9 Å². The van der Waals surface area contributed by atoms with E-state index in [9.17, 15) is 10.1 Å². The van der Waals surface area contributed by atoms with Crippen LogP contribution < -0.4 is 5.32 Å². The number of methoxy groups -OCH3 is 1. The number of aromatic nitrogens is 2. The average Bonchev–Trinajstić information content (AvgIpc) is 3.36. The Morgan fingerprint density at radius 3 is 2.70 bits per heavy atom. The Balaban J connectivity index is 1.63. The van der Waals surface area contributed by atoms with Crippen LogP contribution in [0.5, 0.6) is 0 Å². The molecular formula is C26H30N4O3. The summed E-state index contributed by atoms with van der Waals surface area (Å²) in [6, 6.07) is 12.1. The topological polar surface area (TPSA) is 93.1 Å². The fourth-order valence-corrected chi connectivity index (χ4v) is 3.90. The first-order valence-corrected chi connectivity index (χ1v) is 10.9. The third-order valence-corrected chi connectivity index (χ3v) is 5.55. The fraction of sp³-hybridized carbons (Fsp3) is 0.346. The van der Waals surface area contributed by atoms with Gasteiger partial charge in [-0.2, -0.15) is 5.26 Å². The first-order valence-electron chi connectivity index (χ1n) is 10.9. The summed E-state index contributed by atoms with van der Waals surface area (Å²) in [6.07, 6.45) is 3.74. The van der Waals surface area contributed by atoms with Crippen molar-refractivity contribution in [2.24, 2.45) is 0 Å². The van der Waals surface area contributed by atoms with Crippen LogP contribution >= 0.6 is 0 Å². The number of carbonyl (C=O) groups excluding carboxylic acids is 1. The highest BCUT2D eigenvalue weighted by Crippen LogP contribution is 2.23. The Hall–Kier alpha value is -3.63. The maximum Gasteiger partial charge on any atom is 0.261 e. The molecule has 0 radical (unpaired) electrons. The van der Waals surface area contributed by atoms with Gasteiger partial charge in [0.05, 0.1) is 18.3 Å². The number of hydrogen-bond donors (Lipinski definition) is 1. The zero-order valence-electron chi connectivity index (χ0n) is 19.8. The summed E-state index contributed by atoms with van der Waals surface area (Å²) in [5, 5.41) is 12.4. The number of amides is 1. The molecule has 1 N–H and O–H groups in total. The maximum absolute atomic E-state index is 12.6. The van der Waals surface area contributed by atoms with Crippen LogP contribution in [0.25, 0.3) is 17.5 Å². The molecule has 7 nitrogen and oxygen atoms in total. The van der Waals surface area contributed by atoms with Crippen molar-refractivity contribution in [1.82, 2.24) is 14.9 Å². The number of nitrogens with zero attached hydrogens (tertiary/aromatic N) is 3. The van der Waals surface area contributed by atoms with Crippen molar-refractivity contribution in [3.63, 3.8) is 0 Å². The number of benzene rings is 1. The Morgan fingerprint density at radius 2 is 2.03 bits per heavy atom. The number of ether oxygens (including phenoxy) is 1. The number of hydrogen-bond acceptors (Lipinski definition) is 5. The molecule has 0 aliphatic heterocycles. The van der Waals surface area contributed by atoms with Crippen molar-refractivity contribution in [3.8, 4) is 17.5 Å². The molecule has 0 saturated carbocycles. The third-order valence-electron chi connectivity index (χ3n) is 5.55. The minimum Gasteiger partial charge on any atom is -0.444 e. The van der Waals surface area contributed by atoms with Crippen molar-refractivity contribution in [1.29, 1.82) is 5.26 Å². The van der Waals surface area contributed by atoms with Crippen LogP contribution in [-0.4, -0.2) is 35.7 Å². The van der Waals surface area contributed by atoms with Crippen LogP contribution in [0.4, 0.5) is 0 Å². The molecule has 3 aromatic rings. The van der Waals surface area contributed by atoms with Crippen molar-refractivity contribution < 1.29 is 13.9 Å². The fourth-order valence-electron chi connectivity index (χ4n) is 3.90. The molecule has 0 fully saturated rings. The molecule has 3 rings (SSSR count). The van der Waals surface area contributed by atoms with E-state index in [2.05, 4.69) is 21.8 Å². The molecule has 1 atom stereocenters. The van der Waals surface area contributed by atoms with Crippen molar-refractivity contribution in [2.75, 3.05) is 20.3 Å². The molecule has 2 aromatic heterocycles. The number of nitriles is 1. The minimum atomic E-state index is -0.408. The number of nitrogens with one attached hydrogen (secondary N) is 1. The summed E-state index contributed by atoms with van der Waals surface area (Å²) < 4.78 is 13.0. The predicted octanol–water partition coefficient (Wildman–Crippen LogP) is 4.54. The van der Waals surface area contributed by atoms with Crippen LogP contribution in [-0.2, 0) is 16.0 Å². The second-order valence-corrected chi connectivity index (χ2v) is 8.19. The molecule has 33 heavy (non-hydrogen) atoms. The van der Waals surface area contributed by atoms with Crippen molar-refractivity contribution in [2.45, 2.75) is 40.2 Å². The third kappa shape index (κ3) is 5.79. The van der Waals surface area contributed by atoms with Gasteiger partial charge in [-0.25, -0.2) is 4.98 Å². The molecule has 0 spiro atoms. The molecule has 0 aliphatic rings. The average molecular weight is 447 g/mol. The Labute approximate surface area is 194 Å². The number of oxazole rings is 1. The lowest BCUT2D eigenvalue weighted by molar-refractivity contribution is -0.117. The number of carbonyl (C=O) groups is 1. The maximum atomic E-state index is 12.6. The first kappa shape index (κ1) is 24.0. The molecule has 0 saturated heterocycles. The van der Waals surface area contributed by atoms with Gasteiger partial charge >= 0.3 is 0 Å². The zero-order chi connectivity index (χ0) is 24.0. The molecular weight excluding hydrogens is 416 g/mol. The van der Waals surface area contributed by atoms with Crippen LogP contribution in [0.2, 0.25) is 0 Å². The van der Waals surface area contributed by atoms with Gasteiger partial charge < -0.3 is 19.0 Å². The van der Waals surface area contributed by atoms with E-state index in [0.717, 1.165) is 28.2 Å². The lowest BCUT2D eigenvalue weighted by Gasteiger charge is -2.17. The highest BCUT2D eigenvalue weighted by molar-refractivity contribution is 6.01. The summed E-state index contributed by atoms with van der Waals surface area (Å²) in [5.41, 5.74) is 5.77. The predicted molar refractivity (Wildman–Crippen MR) is 127 cm³/mol. The molecule has 0 aliphatic carbocycles. The molecule has 1 aromatic carbocycles. The van der Waals surface area contributed by atoms with E-state index in [1.54, 1.807) is 19.4 Å². The molecule has 1 amide bonds. The van der Waals surface area contributed by atoms with Crippen LogP contribution in [0, 0.1) is 32.1 Å². The Kier molecular flexibility index (Phi) is 7.86. The number of rotatable bonds is 9. The standard InChI is InChI=1S/C26H30N4O3/c1-17-6-8-21(9-7-17)26-29-24(16-33-26)10-11-28-25(31)23(14-27)13-22-12-18(2)30(20(22)4)19(3)15-32-5/h6-9,12-13,16,19H,10-11,15H2,1-5H3,(H,28,31)/b23-13+. The van der Waals surface area contributed by atoms with Crippen molar-refractivity contribution >= 4 is 12.0 Å². The minimum absolute atomic E-state index is 0.0649. The SMILES string of the molecule is COCC(C)n1c(C)cc(/C=C(\C#N)C(=O)NCCc2coc(-c3ccc(C)cc3)n2)c1C. The quantitative estimate of drug-likeness (QED) is 0.385. The highest BCUT2D eigenvalue weighted by atomic mass is 16.5. The van der Waals surface area contributed by atoms with E-state index < -0.39 is 5.91 Å². The van der Waals surface area contributed by atoms with Crippen LogP contribution in [0.3, 0.4) is 0 Å². The number of aryl methyl sites for hydroxylation is 2.